The molecule has 8 heteroatoms. The number of aliphatic hydroxyl groups is 1. The highest BCUT2D eigenvalue weighted by molar-refractivity contribution is 5.82. The van der Waals surface area contributed by atoms with Crippen molar-refractivity contribution in [1.82, 2.24) is 4.90 Å². The van der Waals surface area contributed by atoms with Gasteiger partial charge >= 0.3 is 5.97 Å². The van der Waals surface area contributed by atoms with Gasteiger partial charge in [-0.05, 0) is 36.1 Å². The maximum Gasteiger partial charge on any atom is 0.343 e. The maximum atomic E-state index is 13.4. The van der Waals surface area contributed by atoms with Gasteiger partial charge in [0.15, 0.2) is 11.6 Å². The van der Waals surface area contributed by atoms with Crippen molar-refractivity contribution in [2.45, 2.75) is 50.4 Å². The topological polar surface area (TPSA) is 88.1 Å². The van der Waals surface area contributed by atoms with Crippen LogP contribution in [0.15, 0.2) is 53.5 Å². The number of rotatable bonds is 6. The molecule has 0 aromatic heterocycles. The largest absolute Gasteiger partial charge is 0.458 e. The molecule has 1 unspecified atom stereocenters. The summed E-state index contributed by atoms with van der Waals surface area (Å²) in [6.07, 6.45) is 3.62. The highest BCUT2D eigenvalue weighted by atomic mass is 19.1. The van der Waals surface area contributed by atoms with Crippen LogP contribution >= 0.6 is 0 Å². The normalized spacial score (nSPS) is 21.2. The summed E-state index contributed by atoms with van der Waals surface area (Å²) >= 11 is 0. The monoisotopic (exact) mass is 457 g/mol. The summed E-state index contributed by atoms with van der Waals surface area (Å²) in [6, 6.07) is 12.2. The Morgan fingerprint density at radius 3 is 2.45 bits per heavy atom. The molecule has 0 radical (unpaired) electrons. The van der Waals surface area contributed by atoms with Crippen LogP contribution in [0.4, 0.5) is 8.78 Å². The number of hydrogen-bond acceptors (Lipinski definition) is 4. The average molecular weight is 458 g/mol. The number of aliphatic imine (C=N–C) groups is 1. The molecule has 1 heterocycles. The number of guanidine groups is 1. The molecule has 1 aliphatic carbocycles. The summed E-state index contributed by atoms with van der Waals surface area (Å²) in [6.45, 7) is 0.906. The number of halogens is 2. The lowest BCUT2D eigenvalue weighted by Crippen LogP contribution is -2.45. The fourth-order valence-electron chi connectivity index (χ4n) is 4.80. The molecule has 2 aromatic carbocycles. The lowest BCUT2D eigenvalue weighted by Gasteiger charge is -2.33. The zero-order valence-corrected chi connectivity index (χ0v) is 18.4. The van der Waals surface area contributed by atoms with Crippen LogP contribution in [0.1, 0.15) is 43.2 Å². The zero-order chi connectivity index (χ0) is 23.4. The highest BCUT2D eigenvalue weighted by Crippen LogP contribution is 2.41. The highest BCUT2D eigenvalue weighted by Gasteiger charge is 2.48. The Morgan fingerprint density at radius 1 is 1.12 bits per heavy atom. The number of hydrogen-bond donors (Lipinski definition) is 2. The first-order valence-corrected chi connectivity index (χ1v) is 11.3. The van der Waals surface area contributed by atoms with Crippen LogP contribution in [0.2, 0.25) is 0 Å². The van der Waals surface area contributed by atoms with Crippen molar-refractivity contribution in [3.8, 4) is 0 Å². The molecule has 1 saturated heterocycles. The van der Waals surface area contributed by atoms with E-state index < -0.39 is 29.3 Å². The lowest BCUT2D eigenvalue weighted by molar-refractivity contribution is -0.178. The van der Waals surface area contributed by atoms with Gasteiger partial charge in [-0.2, -0.15) is 0 Å². The molecule has 3 N–H and O–H groups in total. The van der Waals surface area contributed by atoms with Gasteiger partial charge in [0, 0.05) is 24.9 Å². The predicted molar refractivity (Wildman–Crippen MR) is 120 cm³/mol. The third-order valence-corrected chi connectivity index (χ3v) is 6.56. The molecule has 1 saturated carbocycles. The first-order chi connectivity index (χ1) is 15.9. The maximum absolute atomic E-state index is 13.4. The van der Waals surface area contributed by atoms with Crippen LogP contribution in [0, 0.1) is 17.6 Å². The average Bonchev–Trinajstić information content (AvgIpc) is 3.50. The summed E-state index contributed by atoms with van der Waals surface area (Å²) in [5.74, 6) is -1.92. The zero-order valence-electron chi connectivity index (χ0n) is 18.4. The molecule has 4 rings (SSSR count). The smallest absolute Gasteiger partial charge is 0.343 e. The van der Waals surface area contributed by atoms with Crippen molar-refractivity contribution in [2.24, 2.45) is 16.6 Å². The molecule has 2 aromatic rings. The van der Waals surface area contributed by atoms with Gasteiger partial charge in [-0.1, -0.05) is 43.2 Å². The number of nitrogens with zero attached hydrogens (tertiary/aromatic N) is 2. The summed E-state index contributed by atoms with van der Waals surface area (Å²) in [4.78, 5) is 19.2. The van der Waals surface area contributed by atoms with Gasteiger partial charge < -0.3 is 20.5 Å². The second-order valence-corrected chi connectivity index (χ2v) is 8.83. The van der Waals surface area contributed by atoms with E-state index in [4.69, 9.17) is 10.5 Å². The molecule has 0 amide bonds. The van der Waals surface area contributed by atoms with Crippen LogP contribution in [0.3, 0.4) is 0 Å². The van der Waals surface area contributed by atoms with Crippen molar-refractivity contribution in [2.75, 3.05) is 13.1 Å². The van der Waals surface area contributed by atoms with E-state index in [0.29, 0.717) is 30.6 Å². The Hall–Kier alpha value is -3.00. The predicted octanol–water partition coefficient (Wildman–Crippen LogP) is 3.48. The third-order valence-electron chi connectivity index (χ3n) is 6.56. The van der Waals surface area contributed by atoms with E-state index in [1.807, 2.05) is 18.2 Å². The van der Waals surface area contributed by atoms with E-state index in [0.717, 1.165) is 31.7 Å². The number of ether oxygens (including phenoxy) is 1. The van der Waals surface area contributed by atoms with E-state index in [1.54, 1.807) is 17.0 Å². The quantitative estimate of drug-likeness (QED) is 0.394. The second-order valence-electron chi connectivity index (χ2n) is 8.83. The van der Waals surface area contributed by atoms with Crippen molar-refractivity contribution >= 4 is 11.9 Å². The number of likely N-dealkylation sites (tertiary alicyclic amines) is 1. The first-order valence-electron chi connectivity index (χ1n) is 11.3. The van der Waals surface area contributed by atoms with Crippen LogP contribution in [0.25, 0.3) is 0 Å². The van der Waals surface area contributed by atoms with Crippen molar-refractivity contribution in [3.63, 3.8) is 0 Å². The molecule has 0 bridgehead atoms. The minimum absolute atomic E-state index is 0.0386. The van der Waals surface area contributed by atoms with Crippen LogP contribution in [-0.2, 0) is 21.7 Å². The summed E-state index contributed by atoms with van der Waals surface area (Å²) in [5.41, 5.74) is 5.33. The van der Waals surface area contributed by atoms with Gasteiger partial charge in [-0.25, -0.2) is 18.6 Å². The fraction of sp³-hybridized carbons (Fsp3) is 0.440. The minimum Gasteiger partial charge on any atom is -0.458 e. The molecule has 2 aliphatic rings. The Bertz CT molecular complexity index is 991. The van der Waals surface area contributed by atoms with Crippen LogP contribution in [-0.4, -0.2) is 41.1 Å². The molecule has 0 spiro atoms. The molecular formula is C25H29F2N3O3. The summed E-state index contributed by atoms with van der Waals surface area (Å²) < 4.78 is 32.5. The van der Waals surface area contributed by atoms with E-state index >= 15 is 0 Å². The summed E-state index contributed by atoms with van der Waals surface area (Å²) in [5, 5.41) is 11.5. The Labute approximate surface area is 192 Å². The van der Waals surface area contributed by atoms with E-state index in [2.05, 4.69) is 4.99 Å². The molecule has 176 valence electrons. The number of esters is 1. The third kappa shape index (κ3) is 5.16. The number of carbonyl (C=O) groups excluding carboxylic acids is 1. The molecule has 2 fully saturated rings. The Kier molecular flexibility index (Phi) is 6.93. The lowest BCUT2D eigenvalue weighted by atomic mass is 9.80. The SMILES string of the molecule is NC(=NCc1cc(F)cc(F)c1)N1CCC(OC(=O)[C@](O)(c2ccccc2)C2CCCC2)C1. The Morgan fingerprint density at radius 2 is 1.79 bits per heavy atom. The van der Waals surface area contributed by atoms with Gasteiger partial charge in [0.1, 0.15) is 17.7 Å². The van der Waals surface area contributed by atoms with E-state index in [1.165, 1.54) is 12.1 Å². The Balaban J connectivity index is 1.40. The number of nitrogens with two attached hydrogens (primary N) is 1. The first kappa shape index (κ1) is 23.2. The molecule has 33 heavy (non-hydrogen) atoms. The van der Waals surface area contributed by atoms with Crippen molar-refractivity contribution < 1.29 is 23.4 Å². The fourth-order valence-corrected chi connectivity index (χ4v) is 4.80. The van der Waals surface area contributed by atoms with Gasteiger partial charge in [0.25, 0.3) is 0 Å². The molecular weight excluding hydrogens is 428 g/mol. The number of carbonyl (C=O) groups is 1. The van der Waals surface area contributed by atoms with Gasteiger partial charge in [0.2, 0.25) is 0 Å². The van der Waals surface area contributed by atoms with Crippen LogP contribution in [0.5, 0.6) is 0 Å². The minimum atomic E-state index is -1.67. The second kappa shape index (κ2) is 9.87. The van der Waals surface area contributed by atoms with Crippen molar-refractivity contribution in [1.29, 1.82) is 0 Å². The van der Waals surface area contributed by atoms with E-state index in [9.17, 15) is 18.7 Å². The van der Waals surface area contributed by atoms with E-state index in [-0.39, 0.29) is 18.4 Å². The van der Waals surface area contributed by atoms with Gasteiger partial charge in [-0.15, -0.1) is 0 Å². The molecule has 6 nitrogen and oxygen atoms in total. The van der Waals surface area contributed by atoms with Crippen LogP contribution < -0.4 is 5.73 Å². The standard InChI is InChI=1S/C25H29F2N3O3/c26-20-12-17(13-21(27)14-20)15-29-24(28)30-11-10-22(16-30)33-23(31)25(32,19-8-4-5-9-19)18-6-2-1-3-7-18/h1-3,6-7,12-14,19,22,32H,4-5,8-11,15-16H2,(H2,28,29)/t22?,25-/m0/s1. The number of benzene rings is 2. The molecule has 1 aliphatic heterocycles. The summed E-state index contributed by atoms with van der Waals surface area (Å²) in [7, 11) is 0. The van der Waals surface area contributed by atoms with Gasteiger partial charge in [-0.3, -0.25) is 0 Å². The molecule has 2 atom stereocenters. The van der Waals surface area contributed by atoms with Gasteiger partial charge in [0.05, 0.1) is 13.1 Å². The van der Waals surface area contributed by atoms with Crippen molar-refractivity contribution in [3.05, 3.63) is 71.3 Å².